The maximum atomic E-state index is 12.0. The number of nitrogens with zero attached hydrogens (tertiary/aromatic N) is 3. The van der Waals surface area contributed by atoms with Gasteiger partial charge in [-0.3, -0.25) is 9.89 Å². The molecule has 0 fully saturated rings. The molecule has 0 spiro atoms. The first-order valence-electron chi connectivity index (χ1n) is 14.7. The Morgan fingerprint density at radius 1 is 1.00 bits per heavy atom. The summed E-state index contributed by atoms with van der Waals surface area (Å²) in [4.78, 5) is 11.5. The molecule has 0 radical (unpaired) electrons. The van der Waals surface area contributed by atoms with Crippen LogP contribution in [0.1, 0.15) is 43.4 Å². The minimum absolute atomic E-state index is 0.0472. The molecule has 5 rings (SSSR count). The molecule has 1 aliphatic heterocycles. The van der Waals surface area contributed by atoms with E-state index < -0.39 is 0 Å². The highest BCUT2D eigenvalue weighted by atomic mass is 16.3. The van der Waals surface area contributed by atoms with E-state index in [1.807, 2.05) is 102 Å². The first-order valence-corrected chi connectivity index (χ1v) is 14.7. The number of allylic oxidation sites excluding steroid dienone is 6. The molecule has 1 heterocycles. The average molecular weight is 567 g/mol. The highest BCUT2D eigenvalue weighted by Crippen LogP contribution is 2.43. The average Bonchev–Trinajstić information content (AvgIpc) is 3.02. The van der Waals surface area contributed by atoms with Gasteiger partial charge >= 0.3 is 0 Å². The molecule has 216 valence electrons. The monoisotopic (exact) mass is 566 g/mol. The number of amidine groups is 2. The number of benzene rings is 3. The summed E-state index contributed by atoms with van der Waals surface area (Å²) in [7, 11) is 0. The third kappa shape index (κ3) is 6.88. The molecular formula is C38H38N4O. The van der Waals surface area contributed by atoms with E-state index in [2.05, 4.69) is 44.1 Å². The fraction of sp³-hybridized carbons (Fsp3) is 0.211. The first kappa shape index (κ1) is 29.4. The number of nitrogens with two attached hydrogens (primary N) is 1. The van der Waals surface area contributed by atoms with Crippen LogP contribution < -0.4 is 10.6 Å². The fourth-order valence-electron chi connectivity index (χ4n) is 5.56. The van der Waals surface area contributed by atoms with Gasteiger partial charge in [0.2, 0.25) is 0 Å². The second-order valence-corrected chi connectivity index (χ2v) is 11.4. The van der Waals surface area contributed by atoms with E-state index in [0.717, 1.165) is 40.8 Å². The lowest BCUT2D eigenvalue weighted by molar-refractivity contribution is 0.319. The molecule has 3 aromatic carbocycles. The van der Waals surface area contributed by atoms with Crippen molar-refractivity contribution in [2.45, 2.75) is 33.2 Å². The Kier molecular flexibility index (Phi) is 9.08. The summed E-state index contributed by atoms with van der Waals surface area (Å²) < 4.78 is 0. The molecule has 2 unspecified atom stereocenters. The summed E-state index contributed by atoms with van der Waals surface area (Å²) >= 11 is 0. The van der Waals surface area contributed by atoms with Gasteiger partial charge in [0, 0.05) is 40.4 Å². The topological polar surface area (TPSA) is 74.2 Å². The van der Waals surface area contributed by atoms with Crippen molar-refractivity contribution in [3.8, 4) is 12.3 Å². The van der Waals surface area contributed by atoms with Crippen LogP contribution in [-0.2, 0) is 6.54 Å². The zero-order valence-corrected chi connectivity index (χ0v) is 24.8. The number of hydrogen-bond donors (Lipinski definition) is 2. The van der Waals surface area contributed by atoms with Gasteiger partial charge in [0.05, 0.1) is 6.54 Å². The van der Waals surface area contributed by atoms with Crippen LogP contribution in [-0.4, -0.2) is 16.8 Å². The summed E-state index contributed by atoms with van der Waals surface area (Å²) in [5.41, 5.74) is 10.6. The number of hydrogen-bond acceptors (Lipinski definition) is 3. The fourth-order valence-corrected chi connectivity index (χ4v) is 5.56. The van der Waals surface area contributed by atoms with Crippen LogP contribution in [0, 0.1) is 29.6 Å². The van der Waals surface area contributed by atoms with Crippen LogP contribution in [0.2, 0.25) is 0 Å². The lowest BCUT2D eigenvalue weighted by atomic mass is 9.68. The normalized spacial score (nSPS) is 21.2. The third-order valence-electron chi connectivity index (χ3n) is 7.95. The Hall–Kier alpha value is -5.08. The number of rotatable bonds is 6. The van der Waals surface area contributed by atoms with Gasteiger partial charge in [-0.15, -0.1) is 6.42 Å². The number of aliphatic hydroxyl groups excluding tert-OH is 1. The molecule has 0 amide bonds. The summed E-state index contributed by atoms with van der Waals surface area (Å²) in [5, 5.41) is 12.0. The van der Waals surface area contributed by atoms with Crippen molar-refractivity contribution in [1.29, 1.82) is 0 Å². The van der Waals surface area contributed by atoms with Crippen LogP contribution in [0.3, 0.4) is 0 Å². The van der Waals surface area contributed by atoms with E-state index in [1.54, 1.807) is 0 Å². The van der Waals surface area contributed by atoms with Crippen LogP contribution in [0.15, 0.2) is 143 Å². The maximum Gasteiger partial charge on any atom is 0.196 e. The predicted molar refractivity (Wildman–Crippen MR) is 179 cm³/mol. The molecule has 5 nitrogen and oxygen atoms in total. The zero-order valence-electron chi connectivity index (χ0n) is 24.8. The molecule has 0 saturated carbocycles. The van der Waals surface area contributed by atoms with Crippen molar-refractivity contribution in [2.75, 3.05) is 4.90 Å². The largest absolute Gasteiger partial charge is 0.494 e. The molecule has 5 heteroatoms. The van der Waals surface area contributed by atoms with E-state index in [0.29, 0.717) is 18.2 Å². The molecule has 2 atom stereocenters. The summed E-state index contributed by atoms with van der Waals surface area (Å²) in [6, 6.07) is 27.6. The highest BCUT2D eigenvalue weighted by molar-refractivity contribution is 6.11. The molecule has 3 aromatic rings. The molecule has 1 aliphatic carbocycles. The smallest absolute Gasteiger partial charge is 0.196 e. The van der Waals surface area contributed by atoms with Gasteiger partial charge in [0.25, 0.3) is 0 Å². The van der Waals surface area contributed by atoms with E-state index in [9.17, 15) is 5.11 Å². The first-order chi connectivity index (χ1) is 20.9. The van der Waals surface area contributed by atoms with E-state index >= 15 is 0 Å². The van der Waals surface area contributed by atoms with Crippen molar-refractivity contribution < 1.29 is 5.11 Å². The van der Waals surface area contributed by atoms with E-state index in [4.69, 9.17) is 22.1 Å². The number of aliphatic hydroxyl groups is 1. The highest BCUT2D eigenvalue weighted by Gasteiger charge is 2.36. The minimum Gasteiger partial charge on any atom is -0.494 e. The summed E-state index contributed by atoms with van der Waals surface area (Å²) in [6.45, 7) is 4.80. The predicted octanol–water partition coefficient (Wildman–Crippen LogP) is 7.94. The molecule has 0 bridgehead atoms. The van der Waals surface area contributed by atoms with Crippen molar-refractivity contribution in [3.63, 3.8) is 0 Å². The van der Waals surface area contributed by atoms with E-state index in [1.165, 1.54) is 0 Å². The Labute approximate surface area is 255 Å². The summed E-state index contributed by atoms with van der Waals surface area (Å²) in [5.74, 6) is 3.77. The quantitative estimate of drug-likeness (QED) is 0.181. The van der Waals surface area contributed by atoms with Gasteiger partial charge in [-0.25, -0.2) is 4.99 Å². The van der Waals surface area contributed by atoms with Gasteiger partial charge in [-0.2, -0.15) is 0 Å². The van der Waals surface area contributed by atoms with Gasteiger partial charge in [-0.05, 0) is 36.0 Å². The Bertz CT molecular complexity index is 1650. The van der Waals surface area contributed by atoms with Gasteiger partial charge in [0.1, 0.15) is 5.84 Å². The molecule has 0 aromatic heterocycles. The molecule has 2 aliphatic rings. The Balaban J connectivity index is 1.59. The van der Waals surface area contributed by atoms with Crippen molar-refractivity contribution >= 4 is 17.4 Å². The van der Waals surface area contributed by atoms with Gasteiger partial charge in [-0.1, -0.05) is 123 Å². The van der Waals surface area contributed by atoms with Crippen LogP contribution >= 0.6 is 0 Å². The van der Waals surface area contributed by atoms with Crippen LogP contribution in [0.5, 0.6) is 0 Å². The zero-order chi connectivity index (χ0) is 30.2. The second kappa shape index (κ2) is 13.3. The number of terminal acetylenes is 1. The summed E-state index contributed by atoms with van der Waals surface area (Å²) in [6.07, 6.45) is 20.0. The third-order valence-corrected chi connectivity index (χ3v) is 7.95. The minimum atomic E-state index is -0.204. The Morgan fingerprint density at radius 3 is 2.44 bits per heavy atom. The van der Waals surface area contributed by atoms with Crippen molar-refractivity contribution in [1.82, 2.24) is 0 Å². The molecule has 43 heavy (non-hydrogen) atoms. The lowest BCUT2D eigenvalue weighted by Gasteiger charge is -2.38. The number of anilines is 1. The van der Waals surface area contributed by atoms with E-state index in [-0.39, 0.29) is 23.1 Å². The molecule has 3 N–H and O–H groups in total. The molecular weight excluding hydrogens is 528 g/mol. The van der Waals surface area contributed by atoms with Crippen LogP contribution in [0.4, 0.5) is 5.69 Å². The van der Waals surface area contributed by atoms with Gasteiger partial charge in [0.15, 0.2) is 11.7 Å². The van der Waals surface area contributed by atoms with Gasteiger partial charge < -0.3 is 10.8 Å². The lowest BCUT2D eigenvalue weighted by Crippen LogP contribution is -2.31. The SMILES string of the molecule is C#CC1CC/C=C\N(c2cccc(C(N=C(N)c3ccccc3)=NCc3ccccc3)c2)C(O)=C1C1C=CC=CC1(C)C. The molecule has 0 saturated heterocycles. The Morgan fingerprint density at radius 2 is 1.72 bits per heavy atom. The second-order valence-electron chi connectivity index (χ2n) is 11.4. The van der Waals surface area contributed by atoms with Crippen LogP contribution in [0.25, 0.3) is 0 Å². The van der Waals surface area contributed by atoms with Crippen molar-refractivity contribution in [3.05, 3.63) is 150 Å². The standard InChI is InChI=1S/C38H38N4O/c1-4-29-18-12-14-25-42(37(43)34(29)33-23-11-13-24-38(33,2)3)32-22-15-21-31(26-32)36(40-27-28-16-7-5-8-17-28)41-35(39)30-19-9-6-10-20-30/h1,5-11,13-17,19-26,29,33,43H,12,18,27H2,2-3H3,(H2,39,40,41)/b25-14-,37-34?. The van der Waals surface area contributed by atoms with Crippen molar-refractivity contribution in [2.24, 2.45) is 33.0 Å². The maximum absolute atomic E-state index is 12.0. The number of aliphatic imine (C=N–C) groups is 2.